The van der Waals surface area contributed by atoms with Crippen LogP contribution in [0.1, 0.15) is 25.0 Å². The molecule has 0 bridgehead atoms. The van der Waals surface area contributed by atoms with Crippen molar-refractivity contribution in [2.45, 2.75) is 19.3 Å². The van der Waals surface area contributed by atoms with Crippen molar-refractivity contribution < 1.29 is 4.42 Å². The number of rotatable bonds is 2. The van der Waals surface area contributed by atoms with E-state index in [2.05, 4.69) is 166 Å². The van der Waals surface area contributed by atoms with Crippen LogP contribution in [0.2, 0.25) is 0 Å². The predicted octanol–water partition coefficient (Wildman–Crippen LogP) is 15.1. The van der Waals surface area contributed by atoms with Crippen LogP contribution in [0.3, 0.4) is 0 Å². The molecule has 0 atom stereocenters. The van der Waals surface area contributed by atoms with Crippen LogP contribution in [0.25, 0.3) is 108 Å². The van der Waals surface area contributed by atoms with Crippen LogP contribution >= 0.6 is 11.3 Å². The first-order chi connectivity index (χ1) is 26.0. The fourth-order valence-electron chi connectivity index (χ4n) is 9.68. The highest BCUT2D eigenvalue weighted by Crippen LogP contribution is 2.54. The monoisotopic (exact) mass is 692 g/mol. The minimum absolute atomic E-state index is 0.129. The van der Waals surface area contributed by atoms with Gasteiger partial charge in [-0.1, -0.05) is 129 Å². The maximum atomic E-state index is 6.38. The minimum Gasteiger partial charge on any atom is -0.456 e. The van der Waals surface area contributed by atoms with Crippen molar-refractivity contribution in [2.75, 3.05) is 0 Å². The predicted molar refractivity (Wildman–Crippen MR) is 228 cm³/mol. The lowest BCUT2D eigenvalue weighted by Gasteiger charge is -2.23. The molecule has 0 aliphatic heterocycles. The zero-order chi connectivity index (χ0) is 35.0. The van der Waals surface area contributed by atoms with E-state index in [1.807, 2.05) is 17.4 Å². The van der Waals surface area contributed by atoms with E-state index in [4.69, 9.17) is 4.42 Å². The second kappa shape index (κ2) is 10.4. The van der Waals surface area contributed by atoms with Gasteiger partial charge >= 0.3 is 0 Å². The van der Waals surface area contributed by atoms with Crippen molar-refractivity contribution in [3.8, 4) is 33.4 Å². The van der Waals surface area contributed by atoms with E-state index in [9.17, 15) is 0 Å². The van der Waals surface area contributed by atoms with Gasteiger partial charge in [-0.25, -0.2) is 0 Å². The number of hydrogen-bond acceptors (Lipinski definition) is 2. The highest BCUT2D eigenvalue weighted by Gasteiger charge is 2.37. The van der Waals surface area contributed by atoms with Crippen LogP contribution in [0, 0.1) is 0 Å². The van der Waals surface area contributed by atoms with Crippen molar-refractivity contribution in [1.29, 1.82) is 0 Å². The van der Waals surface area contributed by atoms with Crippen molar-refractivity contribution in [2.24, 2.45) is 0 Å². The summed E-state index contributed by atoms with van der Waals surface area (Å²) in [6.45, 7) is 4.81. The SMILES string of the molecule is CC1(C)c2ccc(-c3c4ccccc4c(-c4ccc5c(c4)oc4ccccc45)c4ccccc34)cc2-c2ccc3cc4c(cc3c21)sc1ccccc14. The first kappa shape index (κ1) is 29.4. The Morgan fingerprint density at radius 2 is 1.02 bits per heavy atom. The molecule has 2 heterocycles. The maximum Gasteiger partial charge on any atom is 0.136 e. The van der Waals surface area contributed by atoms with Crippen LogP contribution < -0.4 is 0 Å². The molecule has 1 nitrogen and oxygen atoms in total. The van der Waals surface area contributed by atoms with E-state index < -0.39 is 0 Å². The molecule has 0 saturated heterocycles. The third kappa shape index (κ3) is 3.96. The molecule has 248 valence electrons. The molecule has 0 saturated carbocycles. The Hall–Kier alpha value is -6.22. The smallest absolute Gasteiger partial charge is 0.136 e. The van der Waals surface area contributed by atoms with Crippen LogP contribution in [0.4, 0.5) is 0 Å². The lowest BCUT2D eigenvalue weighted by Crippen LogP contribution is -2.15. The molecule has 53 heavy (non-hydrogen) atoms. The van der Waals surface area contributed by atoms with Gasteiger partial charge in [0, 0.05) is 36.4 Å². The molecule has 9 aromatic carbocycles. The number of hydrogen-bond donors (Lipinski definition) is 0. The largest absolute Gasteiger partial charge is 0.456 e. The zero-order valence-electron chi connectivity index (χ0n) is 29.3. The average Bonchev–Trinajstić information content (AvgIpc) is 3.82. The second-order valence-electron chi connectivity index (χ2n) is 15.2. The molecular formula is C51H32OS. The fourth-order valence-corrected chi connectivity index (χ4v) is 10.8. The van der Waals surface area contributed by atoms with Gasteiger partial charge in [0.1, 0.15) is 11.2 Å². The van der Waals surface area contributed by atoms with Gasteiger partial charge in [-0.3, -0.25) is 0 Å². The van der Waals surface area contributed by atoms with E-state index in [1.165, 1.54) is 97.0 Å². The number of para-hydroxylation sites is 1. The summed E-state index contributed by atoms with van der Waals surface area (Å²) in [5.41, 5.74) is 12.2. The lowest BCUT2D eigenvalue weighted by atomic mass is 9.79. The molecule has 12 rings (SSSR count). The normalized spacial score (nSPS) is 13.6. The molecule has 2 aromatic heterocycles. The highest BCUT2D eigenvalue weighted by molar-refractivity contribution is 7.25. The molecule has 0 fully saturated rings. The summed E-state index contributed by atoms with van der Waals surface area (Å²) >= 11 is 1.90. The Morgan fingerprint density at radius 3 is 1.75 bits per heavy atom. The van der Waals surface area contributed by atoms with Gasteiger partial charge < -0.3 is 4.42 Å². The molecule has 0 spiro atoms. The summed E-state index contributed by atoms with van der Waals surface area (Å²) in [5, 5.41) is 12.7. The summed E-state index contributed by atoms with van der Waals surface area (Å²) in [7, 11) is 0. The fraction of sp³-hybridized carbons (Fsp3) is 0.0588. The molecule has 1 aliphatic carbocycles. The molecule has 0 amide bonds. The molecule has 2 heteroatoms. The number of furan rings is 1. The standard InChI is InChI=1S/C51H32OS/c1-51(2)43-24-21-30(26-41(43)39-23-19-29-25-42-34-12-8-10-18-46(34)53-47(42)28-40(29)50(39)51)48-35-13-3-5-15-37(35)49(38-16-6-4-14-36(38)48)31-20-22-33-32-11-7-9-17-44(32)52-45(33)27-31/h3-28H,1-2H3. The Morgan fingerprint density at radius 1 is 0.415 bits per heavy atom. The van der Waals surface area contributed by atoms with E-state index in [0.29, 0.717) is 0 Å². The summed E-state index contributed by atoms with van der Waals surface area (Å²) in [6, 6.07) is 58.6. The Labute approximate surface area is 310 Å². The van der Waals surface area contributed by atoms with E-state index >= 15 is 0 Å². The minimum atomic E-state index is -0.129. The highest BCUT2D eigenvalue weighted by atomic mass is 32.1. The molecule has 0 radical (unpaired) electrons. The molecule has 0 N–H and O–H groups in total. The van der Waals surface area contributed by atoms with Gasteiger partial charge in [-0.05, 0) is 119 Å². The van der Waals surface area contributed by atoms with E-state index in [1.54, 1.807) is 0 Å². The number of fused-ring (bicyclic) bond motifs is 13. The van der Waals surface area contributed by atoms with Gasteiger partial charge in [0.05, 0.1) is 0 Å². The number of benzene rings is 9. The van der Waals surface area contributed by atoms with Gasteiger partial charge in [-0.15, -0.1) is 11.3 Å². The van der Waals surface area contributed by atoms with E-state index in [-0.39, 0.29) is 5.41 Å². The van der Waals surface area contributed by atoms with E-state index in [0.717, 1.165) is 21.9 Å². The van der Waals surface area contributed by atoms with Crippen LogP contribution in [0.5, 0.6) is 0 Å². The second-order valence-corrected chi connectivity index (χ2v) is 16.3. The van der Waals surface area contributed by atoms with Gasteiger partial charge in [0.15, 0.2) is 0 Å². The Bertz CT molecular complexity index is 3320. The molecular weight excluding hydrogens is 661 g/mol. The quantitative estimate of drug-likeness (QED) is 0.164. The summed E-state index contributed by atoms with van der Waals surface area (Å²) in [4.78, 5) is 0. The summed E-state index contributed by atoms with van der Waals surface area (Å²) < 4.78 is 9.09. The topological polar surface area (TPSA) is 13.1 Å². The lowest BCUT2D eigenvalue weighted by molar-refractivity contribution is 0.666. The van der Waals surface area contributed by atoms with Crippen molar-refractivity contribution >= 4 is 85.8 Å². The van der Waals surface area contributed by atoms with Gasteiger partial charge in [0.2, 0.25) is 0 Å². The van der Waals surface area contributed by atoms with Crippen molar-refractivity contribution in [3.05, 3.63) is 169 Å². The molecule has 1 aliphatic rings. The molecule has 11 aromatic rings. The Kier molecular flexibility index (Phi) is 5.78. The first-order valence-electron chi connectivity index (χ1n) is 18.4. The number of thiophene rings is 1. The van der Waals surface area contributed by atoms with Crippen LogP contribution in [-0.4, -0.2) is 0 Å². The van der Waals surface area contributed by atoms with Crippen LogP contribution in [0.15, 0.2) is 162 Å². The van der Waals surface area contributed by atoms with Gasteiger partial charge in [-0.2, -0.15) is 0 Å². The summed E-state index contributed by atoms with van der Waals surface area (Å²) in [6.07, 6.45) is 0. The van der Waals surface area contributed by atoms with Crippen molar-refractivity contribution in [3.63, 3.8) is 0 Å². The first-order valence-corrected chi connectivity index (χ1v) is 19.2. The van der Waals surface area contributed by atoms with Crippen LogP contribution in [-0.2, 0) is 5.41 Å². The third-order valence-electron chi connectivity index (χ3n) is 12.0. The third-order valence-corrected chi connectivity index (χ3v) is 13.1. The zero-order valence-corrected chi connectivity index (χ0v) is 30.1. The summed E-state index contributed by atoms with van der Waals surface area (Å²) in [5.74, 6) is 0. The van der Waals surface area contributed by atoms with Crippen molar-refractivity contribution in [1.82, 2.24) is 0 Å². The van der Waals surface area contributed by atoms with Gasteiger partial charge in [0.25, 0.3) is 0 Å². The Balaban J connectivity index is 1.09. The maximum absolute atomic E-state index is 6.38. The molecule has 0 unspecified atom stereocenters. The average molecular weight is 693 g/mol.